The molecule has 19 heavy (non-hydrogen) atoms. The number of halogens is 2. The van der Waals surface area contributed by atoms with E-state index in [0.29, 0.717) is 0 Å². The molecule has 0 heterocycles. The van der Waals surface area contributed by atoms with Gasteiger partial charge in [-0.3, -0.25) is 0 Å². The fourth-order valence-corrected chi connectivity index (χ4v) is 2.54. The van der Waals surface area contributed by atoms with E-state index in [-0.39, 0.29) is 11.9 Å². The summed E-state index contributed by atoms with van der Waals surface area (Å²) in [5, 5.41) is 0. The monoisotopic (exact) mass is 322 g/mol. The largest absolute Gasteiger partial charge is 0.344 e. The number of nitrogens with two attached hydrogens (primary N) is 1. The maximum Gasteiger partial charge on any atom is 0.123 e. The average molecular weight is 323 g/mol. The molecule has 100 valence electrons. The second-order valence-corrected chi connectivity index (χ2v) is 5.39. The van der Waals surface area contributed by atoms with Crippen molar-refractivity contribution in [2.45, 2.75) is 13.0 Å². The molecule has 0 saturated carbocycles. The maximum atomic E-state index is 12.9. The molecule has 2 rings (SSSR count). The first-order valence-electron chi connectivity index (χ1n) is 6.03. The molecular formula is C15H16BrFN2. The Morgan fingerprint density at radius 3 is 2.32 bits per heavy atom. The summed E-state index contributed by atoms with van der Waals surface area (Å²) in [6.45, 7) is 1.95. The molecule has 2 aromatic rings. The van der Waals surface area contributed by atoms with Gasteiger partial charge in [-0.05, 0) is 64.8 Å². The van der Waals surface area contributed by atoms with Gasteiger partial charge >= 0.3 is 0 Å². The summed E-state index contributed by atoms with van der Waals surface area (Å²) in [5.41, 5.74) is 8.87. The summed E-state index contributed by atoms with van der Waals surface area (Å²) in [4.78, 5) is 1.99. The van der Waals surface area contributed by atoms with Crippen molar-refractivity contribution in [3.8, 4) is 0 Å². The number of hydrogen-bond acceptors (Lipinski definition) is 2. The van der Waals surface area contributed by atoms with Crippen LogP contribution in [0.1, 0.15) is 18.5 Å². The minimum absolute atomic E-state index is 0.00137. The minimum Gasteiger partial charge on any atom is -0.344 e. The van der Waals surface area contributed by atoms with E-state index >= 15 is 0 Å². The Hall–Kier alpha value is -1.39. The van der Waals surface area contributed by atoms with Gasteiger partial charge in [0.05, 0.1) is 5.69 Å². The lowest BCUT2D eigenvalue weighted by Gasteiger charge is -2.22. The molecule has 0 aliphatic heterocycles. The molecule has 0 saturated heterocycles. The molecule has 0 aliphatic carbocycles. The molecule has 2 nitrogen and oxygen atoms in total. The van der Waals surface area contributed by atoms with Crippen LogP contribution in [0.25, 0.3) is 0 Å². The van der Waals surface area contributed by atoms with Crippen molar-refractivity contribution in [1.29, 1.82) is 0 Å². The molecule has 0 bridgehead atoms. The molecule has 0 radical (unpaired) electrons. The van der Waals surface area contributed by atoms with E-state index in [1.54, 1.807) is 12.1 Å². The summed E-state index contributed by atoms with van der Waals surface area (Å²) in [7, 11) is 1.94. The molecule has 0 aliphatic rings. The number of nitrogens with zero attached hydrogens (tertiary/aromatic N) is 1. The fourth-order valence-electron chi connectivity index (χ4n) is 1.88. The lowest BCUT2D eigenvalue weighted by Crippen LogP contribution is -2.11. The highest BCUT2D eigenvalue weighted by atomic mass is 79.9. The Kier molecular flexibility index (Phi) is 4.22. The maximum absolute atomic E-state index is 12.9. The van der Waals surface area contributed by atoms with Crippen LogP contribution in [0.2, 0.25) is 0 Å². The van der Waals surface area contributed by atoms with E-state index in [9.17, 15) is 4.39 Å². The highest BCUT2D eigenvalue weighted by Gasteiger charge is 2.10. The van der Waals surface area contributed by atoms with Crippen LogP contribution in [0.15, 0.2) is 46.9 Å². The normalized spacial score (nSPS) is 12.3. The molecule has 1 atom stereocenters. The Morgan fingerprint density at radius 1 is 1.16 bits per heavy atom. The van der Waals surface area contributed by atoms with Crippen molar-refractivity contribution in [1.82, 2.24) is 0 Å². The van der Waals surface area contributed by atoms with E-state index in [1.807, 2.05) is 37.1 Å². The Bertz CT molecular complexity index is 567. The highest BCUT2D eigenvalue weighted by Crippen LogP contribution is 2.32. The van der Waals surface area contributed by atoms with Gasteiger partial charge in [-0.25, -0.2) is 4.39 Å². The number of anilines is 2. The Labute approximate surface area is 121 Å². The lowest BCUT2D eigenvalue weighted by atomic mass is 10.1. The van der Waals surface area contributed by atoms with Crippen molar-refractivity contribution in [2.24, 2.45) is 5.73 Å². The summed E-state index contributed by atoms with van der Waals surface area (Å²) in [6.07, 6.45) is 0. The fraction of sp³-hybridized carbons (Fsp3) is 0.200. The quantitative estimate of drug-likeness (QED) is 0.908. The van der Waals surface area contributed by atoms with Crippen LogP contribution in [0.4, 0.5) is 15.8 Å². The zero-order valence-electron chi connectivity index (χ0n) is 10.9. The van der Waals surface area contributed by atoms with E-state index in [1.165, 1.54) is 12.1 Å². The van der Waals surface area contributed by atoms with Gasteiger partial charge in [-0.2, -0.15) is 0 Å². The molecule has 0 spiro atoms. The Morgan fingerprint density at radius 2 is 1.79 bits per heavy atom. The summed E-state index contributed by atoms with van der Waals surface area (Å²) >= 11 is 3.56. The second kappa shape index (κ2) is 5.72. The topological polar surface area (TPSA) is 29.3 Å². The van der Waals surface area contributed by atoms with Crippen molar-refractivity contribution in [2.75, 3.05) is 11.9 Å². The molecule has 2 aromatic carbocycles. The van der Waals surface area contributed by atoms with Crippen LogP contribution in [0, 0.1) is 5.82 Å². The van der Waals surface area contributed by atoms with Crippen LogP contribution in [-0.2, 0) is 0 Å². The number of benzene rings is 2. The van der Waals surface area contributed by atoms with E-state index in [0.717, 1.165) is 21.4 Å². The smallest absolute Gasteiger partial charge is 0.123 e. The van der Waals surface area contributed by atoms with Gasteiger partial charge in [0.1, 0.15) is 5.82 Å². The SMILES string of the molecule is CC(N)c1ccc(N(C)c2ccc(F)cc2)c(Br)c1. The van der Waals surface area contributed by atoms with Crippen LogP contribution >= 0.6 is 15.9 Å². The third kappa shape index (κ3) is 3.14. The first kappa shape index (κ1) is 14.0. The molecule has 1 unspecified atom stereocenters. The van der Waals surface area contributed by atoms with Crippen molar-refractivity contribution in [3.63, 3.8) is 0 Å². The zero-order chi connectivity index (χ0) is 14.0. The first-order chi connectivity index (χ1) is 8.99. The van der Waals surface area contributed by atoms with Crippen molar-refractivity contribution < 1.29 is 4.39 Å². The van der Waals surface area contributed by atoms with E-state index in [2.05, 4.69) is 15.9 Å². The molecule has 4 heteroatoms. The van der Waals surface area contributed by atoms with Gasteiger partial charge in [-0.15, -0.1) is 0 Å². The van der Waals surface area contributed by atoms with Gasteiger partial charge in [0.2, 0.25) is 0 Å². The zero-order valence-corrected chi connectivity index (χ0v) is 12.5. The van der Waals surface area contributed by atoms with Gasteiger partial charge in [0, 0.05) is 23.2 Å². The van der Waals surface area contributed by atoms with Gasteiger partial charge in [0.25, 0.3) is 0 Å². The lowest BCUT2D eigenvalue weighted by molar-refractivity contribution is 0.628. The van der Waals surface area contributed by atoms with Crippen LogP contribution in [0.3, 0.4) is 0 Å². The second-order valence-electron chi connectivity index (χ2n) is 4.53. The molecule has 2 N–H and O–H groups in total. The summed E-state index contributed by atoms with van der Waals surface area (Å²) < 4.78 is 13.9. The van der Waals surface area contributed by atoms with Crippen LogP contribution in [-0.4, -0.2) is 7.05 Å². The van der Waals surface area contributed by atoms with Gasteiger partial charge in [-0.1, -0.05) is 6.07 Å². The standard InChI is InChI=1S/C15H16BrFN2/c1-10(18)11-3-8-15(14(16)9-11)19(2)13-6-4-12(17)5-7-13/h3-10H,18H2,1-2H3. The molecule has 0 aromatic heterocycles. The predicted octanol–water partition coefficient (Wildman–Crippen LogP) is 4.38. The summed E-state index contributed by atoms with van der Waals surface area (Å²) in [5.74, 6) is -0.233. The van der Waals surface area contributed by atoms with Crippen molar-refractivity contribution in [3.05, 3.63) is 58.3 Å². The third-order valence-corrected chi connectivity index (χ3v) is 3.71. The number of rotatable bonds is 3. The van der Waals surface area contributed by atoms with Crippen molar-refractivity contribution >= 4 is 27.3 Å². The minimum atomic E-state index is -0.233. The predicted molar refractivity (Wildman–Crippen MR) is 81.2 cm³/mol. The average Bonchev–Trinajstić information content (AvgIpc) is 2.38. The van der Waals surface area contributed by atoms with Gasteiger partial charge < -0.3 is 10.6 Å². The Balaban J connectivity index is 2.33. The first-order valence-corrected chi connectivity index (χ1v) is 6.82. The van der Waals surface area contributed by atoms with Crippen LogP contribution < -0.4 is 10.6 Å². The van der Waals surface area contributed by atoms with Crippen LogP contribution in [0.5, 0.6) is 0 Å². The molecule has 0 fully saturated rings. The third-order valence-electron chi connectivity index (χ3n) is 3.07. The molecule has 0 amide bonds. The van der Waals surface area contributed by atoms with Gasteiger partial charge in [0.15, 0.2) is 0 Å². The summed E-state index contributed by atoms with van der Waals surface area (Å²) in [6, 6.07) is 12.4. The number of hydrogen-bond donors (Lipinski definition) is 1. The highest BCUT2D eigenvalue weighted by molar-refractivity contribution is 9.10. The van der Waals surface area contributed by atoms with E-state index < -0.39 is 0 Å². The van der Waals surface area contributed by atoms with E-state index in [4.69, 9.17) is 5.73 Å². The molecular weight excluding hydrogens is 307 g/mol.